The normalized spacial score (nSPS) is 22.7. The Hall–Kier alpha value is -0.940. The summed E-state index contributed by atoms with van der Waals surface area (Å²) in [6, 6.07) is 0. The molecule has 2 atom stereocenters. The summed E-state index contributed by atoms with van der Waals surface area (Å²) in [4.78, 5) is 7.26. The molecule has 2 aliphatic rings. The van der Waals surface area contributed by atoms with Crippen molar-refractivity contribution in [1.29, 1.82) is 0 Å². The SMILES string of the molecule is Cc1nnc(CN=C(NCCCN2CCOCC2)NCCC2CCCC(C)C2)n1C.I. The van der Waals surface area contributed by atoms with Crippen LogP contribution < -0.4 is 10.6 Å². The second-order valence-corrected chi connectivity index (χ2v) is 8.97. The Morgan fingerprint density at radius 1 is 1.16 bits per heavy atom. The van der Waals surface area contributed by atoms with Crippen molar-refractivity contribution in [3.63, 3.8) is 0 Å². The molecule has 2 heterocycles. The van der Waals surface area contributed by atoms with Crippen LogP contribution in [0.25, 0.3) is 0 Å². The molecule has 1 saturated heterocycles. The lowest BCUT2D eigenvalue weighted by Crippen LogP contribution is -2.41. The number of hydrogen-bond acceptors (Lipinski definition) is 5. The molecular weight excluding hydrogens is 505 g/mol. The second-order valence-electron chi connectivity index (χ2n) is 8.97. The van der Waals surface area contributed by atoms with E-state index in [0.717, 1.165) is 81.8 Å². The molecule has 2 unspecified atom stereocenters. The van der Waals surface area contributed by atoms with Gasteiger partial charge in [0.1, 0.15) is 12.4 Å². The second kappa shape index (κ2) is 14.3. The molecule has 0 bridgehead atoms. The number of hydrogen-bond donors (Lipinski definition) is 2. The minimum Gasteiger partial charge on any atom is -0.379 e. The highest BCUT2D eigenvalue weighted by Gasteiger charge is 2.18. The maximum atomic E-state index is 5.43. The minimum atomic E-state index is 0. The highest BCUT2D eigenvalue weighted by Crippen LogP contribution is 2.30. The van der Waals surface area contributed by atoms with E-state index in [1.807, 2.05) is 18.5 Å². The summed E-state index contributed by atoms with van der Waals surface area (Å²) in [6.07, 6.45) is 7.87. The van der Waals surface area contributed by atoms with Crippen LogP contribution in [0.5, 0.6) is 0 Å². The van der Waals surface area contributed by atoms with E-state index in [9.17, 15) is 0 Å². The van der Waals surface area contributed by atoms with Gasteiger partial charge in [-0.25, -0.2) is 4.99 Å². The first-order valence-electron chi connectivity index (χ1n) is 11.8. The third-order valence-corrected chi connectivity index (χ3v) is 6.50. The molecule has 0 aromatic carbocycles. The smallest absolute Gasteiger partial charge is 0.191 e. The van der Waals surface area contributed by atoms with Crippen LogP contribution in [0, 0.1) is 18.8 Å². The number of halogens is 1. The number of nitrogens with zero attached hydrogens (tertiary/aromatic N) is 5. The van der Waals surface area contributed by atoms with Gasteiger partial charge in [-0.05, 0) is 44.6 Å². The zero-order chi connectivity index (χ0) is 21.2. The fourth-order valence-corrected chi connectivity index (χ4v) is 4.46. The molecule has 0 radical (unpaired) electrons. The number of morpholine rings is 1. The largest absolute Gasteiger partial charge is 0.379 e. The molecule has 2 fully saturated rings. The van der Waals surface area contributed by atoms with Crippen LogP contribution in [-0.2, 0) is 18.3 Å². The summed E-state index contributed by atoms with van der Waals surface area (Å²) >= 11 is 0. The summed E-state index contributed by atoms with van der Waals surface area (Å²) < 4.78 is 7.43. The first-order chi connectivity index (χ1) is 14.6. The lowest BCUT2D eigenvalue weighted by atomic mass is 9.81. The Bertz CT molecular complexity index is 660. The number of aliphatic imine (C=N–C) groups is 1. The van der Waals surface area contributed by atoms with Gasteiger partial charge in [-0.15, -0.1) is 34.2 Å². The number of aromatic nitrogens is 3. The van der Waals surface area contributed by atoms with Gasteiger partial charge in [0, 0.05) is 33.2 Å². The van der Waals surface area contributed by atoms with Crippen molar-refractivity contribution in [2.45, 2.75) is 58.9 Å². The van der Waals surface area contributed by atoms with Crippen LogP contribution in [0.3, 0.4) is 0 Å². The van der Waals surface area contributed by atoms with Crippen molar-refractivity contribution in [2.24, 2.45) is 23.9 Å². The van der Waals surface area contributed by atoms with Gasteiger partial charge in [-0.2, -0.15) is 0 Å². The van der Waals surface area contributed by atoms with Crippen LogP contribution in [0.1, 0.15) is 57.1 Å². The molecule has 31 heavy (non-hydrogen) atoms. The van der Waals surface area contributed by atoms with E-state index in [-0.39, 0.29) is 24.0 Å². The summed E-state index contributed by atoms with van der Waals surface area (Å²) in [6.45, 7) is 11.7. The Morgan fingerprint density at radius 3 is 2.65 bits per heavy atom. The molecule has 3 rings (SSSR count). The van der Waals surface area contributed by atoms with Crippen LogP contribution in [0.4, 0.5) is 0 Å². The molecule has 1 saturated carbocycles. The van der Waals surface area contributed by atoms with E-state index in [1.54, 1.807) is 0 Å². The zero-order valence-electron chi connectivity index (χ0n) is 19.6. The van der Waals surface area contributed by atoms with Crippen molar-refractivity contribution in [3.05, 3.63) is 11.6 Å². The van der Waals surface area contributed by atoms with Crippen molar-refractivity contribution < 1.29 is 4.74 Å². The van der Waals surface area contributed by atoms with Gasteiger partial charge in [0.25, 0.3) is 0 Å². The van der Waals surface area contributed by atoms with Crippen molar-refractivity contribution in [3.8, 4) is 0 Å². The van der Waals surface area contributed by atoms with Gasteiger partial charge in [0.2, 0.25) is 0 Å². The van der Waals surface area contributed by atoms with E-state index < -0.39 is 0 Å². The summed E-state index contributed by atoms with van der Waals surface area (Å²) in [7, 11) is 1.99. The average molecular weight is 548 g/mol. The summed E-state index contributed by atoms with van der Waals surface area (Å²) in [5.74, 6) is 4.43. The minimum absolute atomic E-state index is 0. The number of rotatable bonds is 9. The number of ether oxygens (including phenoxy) is 1. The molecule has 9 heteroatoms. The summed E-state index contributed by atoms with van der Waals surface area (Å²) in [5.41, 5.74) is 0. The predicted molar refractivity (Wildman–Crippen MR) is 136 cm³/mol. The maximum Gasteiger partial charge on any atom is 0.191 e. The molecular formula is C22H42IN7O. The van der Waals surface area contributed by atoms with Crippen molar-refractivity contribution in [2.75, 3.05) is 45.9 Å². The van der Waals surface area contributed by atoms with Gasteiger partial charge < -0.3 is 19.9 Å². The van der Waals surface area contributed by atoms with Gasteiger partial charge in [0.15, 0.2) is 11.8 Å². The lowest BCUT2D eigenvalue weighted by Gasteiger charge is -2.27. The number of aryl methyl sites for hydroxylation is 1. The number of nitrogens with one attached hydrogen (secondary N) is 2. The molecule has 178 valence electrons. The van der Waals surface area contributed by atoms with Crippen LogP contribution in [0.15, 0.2) is 4.99 Å². The van der Waals surface area contributed by atoms with Crippen LogP contribution >= 0.6 is 24.0 Å². The molecule has 1 aliphatic heterocycles. The molecule has 8 nitrogen and oxygen atoms in total. The van der Waals surface area contributed by atoms with Gasteiger partial charge in [0.05, 0.1) is 13.2 Å². The first kappa shape index (κ1) is 26.3. The fraction of sp³-hybridized carbons (Fsp3) is 0.864. The molecule has 1 aromatic heterocycles. The third-order valence-electron chi connectivity index (χ3n) is 6.50. The fourth-order valence-electron chi connectivity index (χ4n) is 4.46. The molecule has 1 aromatic rings. The van der Waals surface area contributed by atoms with E-state index in [0.29, 0.717) is 6.54 Å². The van der Waals surface area contributed by atoms with Gasteiger partial charge in [-0.3, -0.25) is 4.90 Å². The van der Waals surface area contributed by atoms with Crippen LogP contribution in [0.2, 0.25) is 0 Å². The van der Waals surface area contributed by atoms with E-state index >= 15 is 0 Å². The Balaban J connectivity index is 0.00000341. The monoisotopic (exact) mass is 547 g/mol. The highest BCUT2D eigenvalue weighted by molar-refractivity contribution is 14.0. The van der Waals surface area contributed by atoms with Gasteiger partial charge in [-0.1, -0.05) is 26.2 Å². The maximum absolute atomic E-state index is 5.43. The average Bonchev–Trinajstić information content (AvgIpc) is 3.07. The van der Waals surface area contributed by atoms with E-state index in [4.69, 9.17) is 9.73 Å². The Morgan fingerprint density at radius 2 is 1.94 bits per heavy atom. The molecule has 1 aliphatic carbocycles. The van der Waals surface area contributed by atoms with Crippen LogP contribution in [-0.4, -0.2) is 71.6 Å². The summed E-state index contributed by atoms with van der Waals surface area (Å²) in [5, 5.41) is 15.5. The predicted octanol–water partition coefficient (Wildman–Crippen LogP) is 2.72. The molecule has 0 spiro atoms. The van der Waals surface area contributed by atoms with Crippen molar-refractivity contribution in [1.82, 2.24) is 30.3 Å². The standard InChI is InChI=1S/C22H41N7O.HI/c1-18-6-4-7-20(16-18)8-10-24-22(25-17-21-27-26-19(2)28(21)3)23-9-5-11-29-12-14-30-15-13-29;/h18,20H,4-17H2,1-3H3,(H2,23,24,25);1H. The lowest BCUT2D eigenvalue weighted by molar-refractivity contribution is 0.0376. The van der Waals surface area contributed by atoms with E-state index in [2.05, 4.69) is 32.7 Å². The first-order valence-corrected chi connectivity index (χ1v) is 11.8. The molecule has 2 N–H and O–H groups in total. The van der Waals surface area contributed by atoms with E-state index in [1.165, 1.54) is 32.1 Å². The Kier molecular flexibility index (Phi) is 12.1. The number of guanidine groups is 1. The van der Waals surface area contributed by atoms with Gasteiger partial charge >= 0.3 is 0 Å². The highest BCUT2D eigenvalue weighted by atomic mass is 127. The molecule has 0 amide bonds. The van der Waals surface area contributed by atoms with Crippen molar-refractivity contribution >= 4 is 29.9 Å². The third kappa shape index (κ3) is 9.21. The quantitative estimate of drug-likeness (QED) is 0.214. The Labute approximate surface area is 205 Å². The zero-order valence-corrected chi connectivity index (χ0v) is 21.9. The topological polar surface area (TPSA) is 79.6 Å².